The number of aromatic amines is 2. The molecule has 2 heterocycles. The number of fused-ring (bicyclic) bond motifs is 2. The Morgan fingerprint density at radius 3 is 1.95 bits per heavy atom. The van der Waals surface area contributed by atoms with Crippen molar-refractivity contribution in [2.75, 3.05) is 9.62 Å². The van der Waals surface area contributed by atoms with E-state index in [1.165, 1.54) is 8.61 Å². The molecule has 0 unspecified atom stereocenters. The van der Waals surface area contributed by atoms with Crippen molar-refractivity contribution in [2.45, 2.75) is 39.8 Å². The number of amides is 4. The SMILES string of the molecule is CC(C)NC(=O)N(S)c1ccc2nc(-c3ccccc3-c3nc4ccc(NC(=O)N(S)C(C)C)cc4[nH]3)[nH]c2c1. The zero-order valence-corrected chi connectivity index (χ0v) is 24.2. The zero-order chi connectivity index (χ0) is 28.6. The third-order valence-electron chi connectivity index (χ3n) is 6.18. The largest absolute Gasteiger partial charge is 0.338 e. The van der Waals surface area contributed by atoms with Gasteiger partial charge < -0.3 is 20.6 Å². The number of nitrogens with zero attached hydrogens (tertiary/aromatic N) is 4. The quantitative estimate of drug-likeness (QED) is 0.127. The first-order chi connectivity index (χ1) is 19.1. The van der Waals surface area contributed by atoms with Crippen LogP contribution in [0.25, 0.3) is 44.8 Å². The second kappa shape index (κ2) is 11.1. The van der Waals surface area contributed by atoms with Gasteiger partial charge in [0.25, 0.3) is 0 Å². The van der Waals surface area contributed by atoms with Gasteiger partial charge in [-0.25, -0.2) is 23.9 Å². The van der Waals surface area contributed by atoms with Crippen molar-refractivity contribution in [1.82, 2.24) is 29.6 Å². The first-order valence-corrected chi connectivity index (χ1v) is 13.6. The van der Waals surface area contributed by atoms with E-state index in [0.29, 0.717) is 23.0 Å². The number of aromatic nitrogens is 4. The molecule has 0 saturated heterocycles. The molecule has 0 aliphatic carbocycles. The van der Waals surface area contributed by atoms with Crippen LogP contribution in [0.4, 0.5) is 21.0 Å². The first kappa shape index (κ1) is 27.4. The maximum atomic E-state index is 12.4. The summed E-state index contributed by atoms with van der Waals surface area (Å²) >= 11 is 8.61. The van der Waals surface area contributed by atoms with Gasteiger partial charge in [0.15, 0.2) is 0 Å². The highest BCUT2D eigenvalue weighted by atomic mass is 32.1. The molecule has 5 aromatic rings. The van der Waals surface area contributed by atoms with Crippen LogP contribution in [0.15, 0.2) is 60.7 Å². The lowest BCUT2D eigenvalue weighted by molar-refractivity contribution is 0.233. The number of benzene rings is 3. The molecule has 0 aliphatic heterocycles. The summed E-state index contributed by atoms with van der Waals surface area (Å²) in [6.07, 6.45) is 0. The van der Waals surface area contributed by atoms with Crippen LogP contribution in [0.5, 0.6) is 0 Å². The Bertz CT molecular complexity index is 1710. The summed E-state index contributed by atoms with van der Waals surface area (Å²) in [4.78, 5) is 41.1. The van der Waals surface area contributed by atoms with Crippen LogP contribution in [-0.2, 0) is 0 Å². The standard InChI is InChI=1S/C28H30N8O2S2/c1-15(2)29-27(37)36(40)18-10-12-22-24(14-18)34-26(32-22)20-8-6-5-7-19(20)25-31-21-11-9-17(13-23(21)33-25)30-28(38)35(39)16(3)4/h5-16,39-40H,1-4H3,(H,29,37)(H,30,38)(H,31,33)(H,32,34). The van der Waals surface area contributed by atoms with E-state index in [1.54, 1.807) is 6.07 Å². The minimum absolute atomic E-state index is 0.00647. The van der Waals surface area contributed by atoms with Crippen LogP contribution in [-0.4, -0.2) is 48.4 Å². The normalized spacial score (nSPS) is 11.4. The number of hydrogen-bond donors (Lipinski definition) is 6. The monoisotopic (exact) mass is 574 g/mol. The van der Waals surface area contributed by atoms with Gasteiger partial charge in [-0.3, -0.25) is 4.31 Å². The summed E-state index contributed by atoms with van der Waals surface area (Å²) in [5.41, 5.74) is 6.03. The van der Waals surface area contributed by atoms with Gasteiger partial charge in [-0.15, -0.1) is 0 Å². The molecule has 4 N–H and O–H groups in total. The van der Waals surface area contributed by atoms with Crippen LogP contribution in [0, 0.1) is 0 Å². The van der Waals surface area contributed by atoms with E-state index < -0.39 is 0 Å². The van der Waals surface area contributed by atoms with Gasteiger partial charge in [-0.05, 0) is 64.1 Å². The van der Waals surface area contributed by atoms with Crippen molar-refractivity contribution >= 4 is 71.1 Å². The van der Waals surface area contributed by atoms with E-state index in [9.17, 15) is 9.59 Å². The number of rotatable bonds is 6. The predicted molar refractivity (Wildman–Crippen MR) is 167 cm³/mol. The number of nitrogens with one attached hydrogen (secondary N) is 4. The van der Waals surface area contributed by atoms with E-state index in [1.807, 2.05) is 82.3 Å². The Kier molecular flexibility index (Phi) is 7.63. The fourth-order valence-corrected chi connectivity index (χ4v) is 4.44. The summed E-state index contributed by atoms with van der Waals surface area (Å²) in [6.45, 7) is 7.56. The van der Waals surface area contributed by atoms with Crippen LogP contribution in [0.3, 0.4) is 0 Å². The zero-order valence-electron chi connectivity index (χ0n) is 22.4. The minimum atomic E-state index is -0.308. The number of imidazole rings is 2. The second-order valence-corrected chi connectivity index (χ2v) is 10.8. The summed E-state index contributed by atoms with van der Waals surface area (Å²) in [6, 6.07) is 18.2. The van der Waals surface area contributed by atoms with Gasteiger partial charge >= 0.3 is 12.1 Å². The summed E-state index contributed by atoms with van der Waals surface area (Å²) in [5, 5.41) is 5.69. The van der Waals surface area contributed by atoms with Crippen molar-refractivity contribution in [1.29, 1.82) is 0 Å². The van der Waals surface area contributed by atoms with Crippen LogP contribution in [0.1, 0.15) is 27.7 Å². The highest BCUT2D eigenvalue weighted by Crippen LogP contribution is 2.33. The number of hydrogen-bond acceptors (Lipinski definition) is 6. The summed E-state index contributed by atoms with van der Waals surface area (Å²) in [7, 11) is 0. The minimum Gasteiger partial charge on any atom is -0.338 e. The van der Waals surface area contributed by atoms with Crippen LogP contribution in [0.2, 0.25) is 0 Å². The number of carbonyl (C=O) groups is 2. The molecule has 10 nitrogen and oxygen atoms in total. The molecule has 40 heavy (non-hydrogen) atoms. The number of anilines is 2. The molecule has 206 valence electrons. The maximum absolute atomic E-state index is 12.4. The van der Waals surface area contributed by atoms with Crippen molar-refractivity contribution in [3.63, 3.8) is 0 Å². The average Bonchev–Trinajstić information content (AvgIpc) is 3.55. The predicted octanol–water partition coefficient (Wildman–Crippen LogP) is 6.63. The smallest absolute Gasteiger partial charge is 0.332 e. The molecule has 0 atom stereocenters. The van der Waals surface area contributed by atoms with E-state index >= 15 is 0 Å². The summed E-state index contributed by atoms with van der Waals surface area (Å²) < 4.78 is 2.61. The topological polar surface area (TPSA) is 122 Å². The van der Waals surface area contributed by atoms with Crippen LogP contribution < -0.4 is 14.9 Å². The lowest BCUT2D eigenvalue weighted by atomic mass is 10.1. The molecular weight excluding hydrogens is 544 g/mol. The number of carbonyl (C=O) groups excluding carboxylic acids is 2. The molecule has 0 saturated carbocycles. The van der Waals surface area contributed by atoms with Gasteiger partial charge in [0.2, 0.25) is 0 Å². The Labute approximate surface area is 242 Å². The summed E-state index contributed by atoms with van der Waals surface area (Å²) in [5.74, 6) is 1.33. The van der Waals surface area contributed by atoms with Gasteiger partial charge in [0.05, 0.1) is 27.8 Å². The fourth-order valence-electron chi connectivity index (χ4n) is 4.21. The molecule has 0 fully saturated rings. The van der Waals surface area contributed by atoms with Crippen molar-refractivity contribution < 1.29 is 9.59 Å². The van der Waals surface area contributed by atoms with Gasteiger partial charge in [0, 0.05) is 28.9 Å². The lowest BCUT2D eigenvalue weighted by Crippen LogP contribution is -2.38. The fraction of sp³-hybridized carbons (Fsp3) is 0.214. The van der Waals surface area contributed by atoms with Crippen molar-refractivity contribution in [3.8, 4) is 22.8 Å². The molecule has 3 aromatic carbocycles. The van der Waals surface area contributed by atoms with Crippen molar-refractivity contribution in [3.05, 3.63) is 60.7 Å². The Balaban J connectivity index is 1.45. The second-order valence-electron chi connectivity index (χ2n) is 9.93. The molecule has 5 rings (SSSR count). The molecule has 4 amide bonds. The van der Waals surface area contributed by atoms with Crippen molar-refractivity contribution in [2.24, 2.45) is 0 Å². The third-order valence-corrected chi connectivity index (χ3v) is 7.24. The lowest BCUT2D eigenvalue weighted by Gasteiger charge is -2.20. The Hall–Kier alpha value is -4.16. The number of H-pyrrole nitrogens is 2. The molecule has 12 heteroatoms. The molecule has 0 bridgehead atoms. The maximum Gasteiger partial charge on any atom is 0.332 e. The van der Waals surface area contributed by atoms with E-state index in [0.717, 1.165) is 33.2 Å². The molecule has 2 aromatic heterocycles. The molecule has 0 aliphatic rings. The Morgan fingerprint density at radius 1 is 0.800 bits per heavy atom. The highest BCUT2D eigenvalue weighted by Gasteiger charge is 2.18. The van der Waals surface area contributed by atoms with E-state index in [2.05, 4.69) is 46.2 Å². The van der Waals surface area contributed by atoms with E-state index in [-0.39, 0.29) is 24.1 Å². The van der Waals surface area contributed by atoms with Gasteiger partial charge in [-0.1, -0.05) is 49.9 Å². The molecule has 0 spiro atoms. The third kappa shape index (κ3) is 5.58. The van der Waals surface area contributed by atoms with Crippen LogP contribution >= 0.6 is 25.6 Å². The molecule has 0 radical (unpaired) electrons. The van der Waals surface area contributed by atoms with Gasteiger partial charge in [0.1, 0.15) is 11.6 Å². The van der Waals surface area contributed by atoms with Gasteiger partial charge in [-0.2, -0.15) is 0 Å². The first-order valence-electron chi connectivity index (χ1n) is 12.8. The number of thiol groups is 2. The van der Waals surface area contributed by atoms with E-state index in [4.69, 9.17) is 9.97 Å². The number of urea groups is 2. The Morgan fingerprint density at radius 2 is 1.38 bits per heavy atom. The average molecular weight is 575 g/mol. The molecular formula is C28H30N8O2S2. The highest BCUT2D eigenvalue weighted by molar-refractivity contribution is 7.82.